The van der Waals surface area contributed by atoms with Crippen molar-refractivity contribution >= 4 is 23.3 Å². The lowest BCUT2D eigenvalue weighted by Gasteiger charge is -2.34. The lowest BCUT2D eigenvalue weighted by molar-refractivity contribution is 0.0616. The summed E-state index contributed by atoms with van der Waals surface area (Å²) in [7, 11) is 0. The van der Waals surface area contributed by atoms with Gasteiger partial charge in [0.05, 0.1) is 23.4 Å². The molecular formula is C17H16ClFN2O3. The van der Waals surface area contributed by atoms with Gasteiger partial charge in [-0.25, -0.2) is 4.39 Å². The van der Waals surface area contributed by atoms with E-state index in [-0.39, 0.29) is 22.9 Å². The average molecular weight is 351 g/mol. The molecule has 0 saturated carbocycles. The molecule has 7 heteroatoms. The van der Waals surface area contributed by atoms with Gasteiger partial charge in [0.1, 0.15) is 5.82 Å². The molecular weight excluding hydrogens is 335 g/mol. The van der Waals surface area contributed by atoms with Crippen LogP contribution in [0.15, 0.2) is 41.0 Å². The molecule has 24 heavy (non-hydrogen) atoms. The lowest BCUT2D eigenvalue weighted by Crippen LogP contribution is -2.50. The quantitative estimate of drug-likeness (QED) is 0.796. The summed E-state index contributed by atoms with van der Waals surface area (Å²) in [5.74, 6) is -0.818. The highest BCUT2D eigenvalue weighted by Gasteiger charge is 2.27. The molecule has 0 aliphatic carbocycles. The van der Waals surface area contributed by atoms with Crippen molar-refractivity contribution in [2.24, 2.45) is 0 Å². The molecule has 2 heterocycles. The summed E-state index contributed by atoms with van der Waals surface area (Å²) >= 11 is 5.95. The number of nitrogens with zero attached hydrogens (tertiary/aromatic N) is 2. The van der Waals surface area contributed by atoms with Crippen LogP contribution in [0.4, 0.5) is 4.39 Å². The number of piperazine rings is 1. The topological polar surface area (TPSA) is 53.8 Å². The van der Waals surface area contributed by atoms with Gasteiger partial charge in [-0.2, -0.15) is 0 Å². The number of carbonyl (C=O) groups excluding carboxylic acids is 2. The number of ketones is 1. The number of carbonyl (C=O) groups is 2. The largest absolute Gasteiger partial charge is 0.461 e. The molecule has 1 amide bonds. The minimum absolute atomic E-state index is 0.0979. The maximum atomic E-state index is 13.9. The zero-order valence-electron chi connectivity index (χ0n) is 12.9. The fourth-order valence-corrected chi connectivity index (χ4v) is 2.93. The number of furan rings is 1. The van der Waals surface area contributed by atoms with E-state index >= 15 is 0 Å². The zero-order chi connectivity index (χ0) is 17.1. The molecule has 0 radical (unpaired) electrons. The Bertz CT molecular complexity index is 720. The first kappa shape index (κ1) is 16.7. The van der Waals surface area contributed by atoms with E-state index in [0.717, 1.165) is 0 Å². The van der Waals surface area contributed by atoms with E-state index in [1.807, 2.05) is 4.90 Å². The van der Waals surface area contributed by atoms with E-state index in [4.69, 9.17) is 16.0 Å². The normalized spacial score (nSPS) is 15.5. The summed E-state index contributed by atoms with van der Waals surface area (Å²) in [6, 6.07) is 7.48. The van der Waals surface area contributed by atoms with Gasteiger partial charge in [-0.1, -0.05) is 17.7 Å². The molecule has 1 fully saturated rings. The van der Waals surface area contributed by atoms with Crippen LogP contribution in [0.1, 0.15) is 20.9 Å². The maximum Gasteiger partial charge on any atom is 0.258 e. The fraction of sp³-hybridized carbons (Fsp3) is 0.294. The molecule has 5 nitrogen and oxygen atoms in total. The average Bonchev–Trinajstić information content (AvgIpc) is 3.10. The molecule has 0 atom stereocenters. The summed E-state index contributed by atoms with van der Waals surface area (Å²) in [5.41, 5.74) is -0.0979. The van der Waals surface area contributed by atoms with Crippen LogP contribution in [-0.4, -0.2) is 54.2 Å². The Balaban J connectivity index is 1.59. The highest BCUT2D eigenvalue weighted by Crippen LogP contribution is 2.21. The van der Waals surface area contributed by atoms with Gasteiger partial charge in [0.15, 0.2) is 5.76 Å². The molecule has 3 rings (SSSR count). The van der Waals surface area contributed by atoms with E-state index in [9.17, 15) is 14.0 Å². The van der Waals surface area contributed by atoms with E-state index < -0.39 is 11.7 Å². The van der Waals surface area contributed by atoms with Crippen LogP contribution in [0, 0.1) is 5.82 Å². The maximum absolute atomic E-state index is 13.9. The molecule has 1 aliphatic rings. The van der Waals surface area contributed by atoms with Crippen molar-refractivity contribution in [3.05, 3.63) is 58.8 Å². The van der Waals surface area contributed by atoms with Crippen LogP contribution in [0.2, 0.25) is 5.02 Å². The Morgan fingerprint density at radius 1 is 1.12 bits per heavy atom. The van der Waals surface area contributed by atoms with E-state index in [2.05, 4.69) is 0 Å². The highest BCUT2D eigenvalue weighted by molar-refractivity contribution is 6.33. The number of hydrogen-bond donors (Lipinski definition) is 0. The molecule has 0 spiro atoms. The van der Waals surface area contributed by atoms with Gasteiger partial charge in [-0.3, -0.25) is 14.5 Å². The third kappa shape index (κ3) is 3.49. The molecule has 1 aromatic carbocycles. The van der Waals surface area contributed by atoms with Gasteiger partial charge < -0.3 is 9.32 Å². The second-order valence-corrected chi connectivity index (χ2v) is 5.97. The highest BCUT2D eigenvalue weighted by atomic mass is 35.5. The molecule has 1 aromatic heterocycles. The minimum atomic E-state index is -0.622. The molecule has 126 valence electrons. The Hall–Kier alpha value is -2.18. The predicted molar refractivity (Wildman–Crippen MR) is 86.8 cm³/mol. The van der Waals surface area contributed by atoms with Crippen molar-refractivity contribution in [1.82, 2.24) is 9.80 Å². The van der Waals surface area contributed by atoms with Crippen LogP contribution < -0.4 is 0 Å². The molecule has 0 unspecified atom stereocenters. The van der Waals surface area contributed by atoms with Crippen LogP contribution in [-0.2, 0) is 0 Å². The molecule has 1 aliphatic heterocycles. The van der Waals surface area contributed by atoms with Gasteiger partial charge in [-0.15, -0.1) is 0 Å². The minimum Gasteiger partial charge on any atom is -0.461 e. The second-order valence-electron chi connectivity index (χ2n) is 5.57. The molecule has 1 saturated heterocycles. The Kier molecular flexibility index (Phi) is 4.97. The SMILES string of the molecule is O=C(CN1CCN(C(=O)c2c(F)cccc2Cl)CC1)c1ccco1. The fourth-order valence-electron chi connectivity index (χ4n) is 2.69. The predicted octanol–water partition coefficient (Wildman–Crippen LogP) is 2.71. The van der Waals surface area contributed by atoms with Crippen molar-refractivity contribution < 1.29 is 18.4 Å². The zero-order valence-corrected chi connectivity index (χ0v) is 13.6. The van der Waals surface area contributed by atoms with Gasteiger partial charge in [0.25, 0.3) is 5.91 Å². The van der Waals surface area contributed by atoms with Gasteiger partial charge in [-0.05, 0) is 24.3 Å². The van der Waals surface area contributed by atoms with Crippen molar-refractivity contribution in [3.63, 3.8) is 0 Å². The Morgan fingerprint density at radius 2 is 1.88 bits per heavy atom. The van der Waals surface area contributed by atoms with E-state index in [0.29, 0.717) is 31.9 Å². The number of rotatable bonds is 4. The second kappa shape index (κ2) is 7.15. The Labute approximate surface area is 143 Å². The monoisotopic (exact) mass is 350 g/mol. The van der Waals surface area contributed by atoms with Crippen LogP contribution >= 0.6 is 11.6 Å². The first-order valence-electron chi connectivity index (χ1n) is 7.58. The number of halogens is 2. The molecule has 2 aromatic rings. The third-order valence-corrected chi connectivity index (χ3v) is 4.31. The lowest BCUT2D eigenvalue weighted by atomic mass is 10.1. The van der Waals surface area contributed by atoms with Crippen molar-refractivity contribution in [2.75, 3.05) is 32.7 Å². The van der Waals surface area contributed by atoms with E-state index in [1.165, 1.54) is 24.5 Å². The summed E-state index contributed by atoms with van der Waals surface area (Å²) < 4.78 is 18.9. The van der Waals surface area contributed by atoms with Crippen LogP contribution in [0.25, 0.3) is 0 Å². The van der Waals surface area contributed by atoms with Gasteiger partial charge in [0.2, 0.25) is 5.78 Å². The van der Waals surface area contributed by atoms with Crippen LogP contribution in [0.3, 0.4) is 0 Å². The number of Topliss-reactive ketones (excluding diaryl/α,β-unsaturated/α-hetero) is 1. The number of hydrogen-bond acceptors (Lipinski definition) is 4. The molecule has 0 N–H and O–H groups in total. The summed E-state index contributed by atoms with van der Waals surface area (Å²) in [6.07, 6.45) is 1.46. The van der Waals surface area contributed by atoms with E-state index in [1.54, 1.807) is 17.0 Å². The van der Waals surface area contributed by atoms with Crippen molar-refractivity contribution in [2.45, 2.75) is 0 Å². The number of amides is 1. The van der Waals surface area contributed by atoms with Gasteiger partial charge >= 0.3 is 0 Å². The first-order valence-corrected chi connectivity index (χ1v) is 7.96. The van der Waals surface area contributed by atoms with Crippen LogP contribution in [0.5, 0.6) is 0 Å². The smallest absolute Gasteiger partial charge is 0.258 e. The standard InChI is InChI=1S/C17H16ClFN2O3/c18-12-3-1-4-13(19)16(12)17(23)21-8-6-20(7-9-21)11-14(22)15-5-2-10-24-15/h1-5,10H,6-9,11H2. The molecule has 0 bridgehead atoms. The first-order chi connectivity index (χ1) is 11.6. The Morgan fingerprint density at radius 3 is 2.50 bits per heavy atom. The van der Waals surface area contributed by atoms with Gasteiger partial charge in [0, 0.05) is 26.2 Å². The van der Waals surface area contributed by atoms with Crippen molar-refractivity contribution in [3.8, 4) is 0 Å². The number of benzene rings is 1. The summed E-state index contributed by atoms with van der Waals surface area (Å²) in [5, 5.41) is 0.107. The van der Waals surface area contributed by atoms with Crippen molar-refractivity contribution in [1.29, 1.82) is 0 Å². The summed E-state index contributed by atoms with van der Waals surface area (Å²) in [6.45, 7) is 2.12. The third-order valence-electron chi connectivity index (χ3n) is 4.00. The summed E-state index contributed by atoms with van der Waals surface area (Å²) in [4.78, 5) is 28.0.